The monoisotopic (exact) mass is 391 g/mol. The van der Waals surface area contributed by atoms with E-state index in [1.807, 2.05) is 49.4 Å². The molecular formula is C22H25N5O2. The Morgan fingerprint density at radius 3 is 2.66 bits per heavy atom. The fraction of sp³-hybridized carbons (Fsp3) is 0.318. The predicted octanol–water partition coefficient (Wildman–Crippen LogP) is 3.87. The van der Waals surface area contributed by atoms with Gasteiger partial charge in [-0.3, -0.25) is 0 Å². The molecule has 0 spiro atoms. The van der Waals surface area contributed by atoms with Gasteiger partial charge in [-0.2, -0.15) is 0 Å². The second-order valence-corrected chi connectivity index (χ2v) is 7.25. The molecule has 0 saturated carbocycles. The topological polar surface area (TPSA) is 89.8 Å². The van der Waals surface area contributed by atoms with Crippen LogP contribution in [-0.4, -0.2) is 29.1 Å². The molecule has 0 unspecified atom stereocenters. The number of anilines is 1. The van der Waals surface area contributed by atoms with Crippen molar-refractivity contribution in [3.8, 4) is 11.3 Å². The summed E-state index contributed by atoms with van der Waals surface area (Å²) in [5, 5.41) is 8.06. The van der Waals surface area contributed by atoms with E-state index in [0.717, 1.165) is 35.7 Å². The van der Waals surface area contributed by atoms with E-state index in [1.165, 1.54) is 24.8 Å². The van der Waals surface area contributed by atoms with Crippen molar-refractivity contribution in [2.75, 3.05) is 18.0 Å². The van der Waals surface area contributed by atoms with Crippen LogP contribution >= 0.6 is 0 Å². The summed E-state index contributed by atoms with van der Waals surface area (Å²) in [6.07, 6.45) is 5.46. The SMILES string of the molecule is Cc1ccc(-c2cc(CO/N=C(/N)c3ccc(N4CCCCC4)nc3)on2)cc1. The van der Waals surface area contributed by atoms with Crippen molar-refractivity contribution < 1.29 is 9.36 Å². The third-order valence-corrected chi connectivity index (χ3v) is 5.00. The Kier molecular flexibility index (Phi) is 5.74. The summed E-state index contributed by atoms with van der Waals surface area (Å²) in [5.74, 6) is 1.84. The van der Waals surface area contributed by atoms with E-state index in [-0.39, 0.29) is 12.4 Å². The van der Waals surface area contributed by atoms with E-state index in [0.29, 0.717) is 5.76 Å². The van der Waals surface area contributed by atoms with Crippen LogP contribution < -0.4 is 10.6 Å². The molecule has 1 aliphatic heterocycles. The lowest BCUT2D eigenvalue weighted by molar-refractivity contribution is 0.109. The molecule has 0 radical (unpaired) electrons. The van der Waals surface area contributed by atoms with Crippen molar-refractivity contribution in [1.82, 2.24) is 10.1 Å². The molecule has 0 aliphatic carbocycles. The number of aryl methyl sites for hydroxylation is 1. The quantitative estimate of drug-likeness (QED) is 0.390. The number of oxime groups is 1. The number of nitrogens with two attached hydrogens (primary N) is 1. The van der Waals surface area contributed by atoms with E-state index >= 15 is 0 Å². The summed E-state index contributed by atoms with van der Waals surface area (Å²) in [6, 6.07) is 13.8. The Morgan fingerprint density at radius 2 is 1.93 bits per heavy atom. The van der Waals surface area contributed by atoms with Crippen LogP contribution in [0.15, 0.2) is 58.3 Å². The van der Waals surface area contributed by atoms with Crippen LogP contribution in [0.5, 0.6) is 0 Å². The first-order valence-corrected chi connectivity index (χ1v) is 9.88. The van der Waals surface area contributed by atoms with E-state index in [2.05, 4.69) is 20.2 Å². The number of pyridine rings is 1. The Labute approximate surface area is 170 Å². The number of hydrogen-bond acceptors (Lipinski definition) is 6. The van der Waals surface area contributed by atoms with Gasteiger partial charge >= 0.3 is 0 Å². The lowest BCUT2D eigenvalue weighted by Crippen LogP contribution is -2.30. The van der Waals surface area contributed by atoms with Crippen molar-refractivity contribution in [2.45, 2.75) is 32.8 Å². The van der Waals surface area contributed by atoms with Crippen molar-refractivity contribution in [2.24, 2.45) is 10.9 Å². The van der Waals surface area contributed by atoms with Crippen LogP contribution in [0.3, 0.4) is 0 Å². The smallest absolute Gasteiger partial charge is 0.177 e. The summed E-state index contributed by atoms with van der Waals surface area (Å²) in [4.78, 5) is 12.2. The molecule has 3 heterocycles. The minimum absolute atomic E-state index is 0.152. The molecule has 0 bridgehead atoms. The molecule has 2 N–H and O–H groups in total. The molecule has 0 atom stereocenters. The minimum atomic E-state index is 0.152. The first-order valence-electron chi connectivity index (χ1n) is 9.88. The molecule has 0 amide bonds. The van der Waals surface area contributed by atoms with E-state index in [4.69, 9.17) is 15.1 Å². The second-order valence-electron chi connectivity index (χ2n) is 7.25. The van der Waals surface area contributed by atoms with Crippen LogP contribution in [0.4, 0.5) is 5.82 Å². The third kappa shape index (κ3) is 4.74. The lowest BCUT2D eigenvalue weighted by Gasteiger charge is -2.27. The van der Waals surface area contributed by atoms with Gasteiger partial charge in [0.15, 0.2) is 18.2 Å². The normalized spacial score (nSPS) is 14.8. The van der Waals surface area contributed by atoms with Gasteiger partial charge in [-0.15, -0.1) is 0 Å². The molecule has 2 aromatic heterocycles. The van der Waals surface area contributed by atoms with E-state index in [1.54, 1.807) is 6.20 Å². The van der Waals surface area contributed by atoms with Gasteiger partial charge < -0.3 is 20.0 Å². The number of nitrogens with zero attached hydrogens (tertiary/aromatic N) is 4. The molecule has 1 aliphatic rings. The Morgan fingerprint density at radius 1 is 1.14 bits per heavy atom. The maximum absolute atomic E-state index is 6.02. The zero-order valence-electron chi connectivity index (χ0n) is 16.5. The number of amidine groups is 1. The molecule has 7 nitrogen and oxygen atoms in total. The zero-order valence-corrected chi connectivity index (χ0v) is 16.5. The van der Waals surface area contributed by atoms with Gasteiger partial charge in [-0.1, -0.05) is 40.1 Å². The molecule has 4 rings (SSSR count). The summed E-state index contributed by atoms with van der Waals surface area (Å²) in [7, 11) is 0. The molecule has 29 heavy (non-hydrogen) atoms. The largest absolute Gasteiger partial charge is 0.386 e. The Hall–Kier alpha value is -3.35. The molecule has 1 aromatic carbocycles. The maximum Gasteiger partial charge on any atom is 0.177 e. The van der Waals surface area contributed by atoms with Gasteiger partial charge in [0.25, 0.3) is 0 Å². The summed E-state index contributed by atoms with van der Waals surface area (Å²) >= 11 is 0. The maximum atomic E-state index is 6.02. The van der Waals surface area contributed by atoms with Crippen LogP contribution in [0, 0.1) is 6.92 Å². The highest BCUT2D eigenvalue weighted by atomic mass is 16.6. The van der Waals surface area contributed by atoms with Gasteiger partial charge in [-0.25, -0.2) is 4.98 Å². The van der Waals surface area contributed by atoms with Crippen molar-refractivity contribution >= 4 is 11.7 Å². The minimum Gasteiger partial charge on any atom is -0.386 e. The van der Waals surface area contributed by atoms with Crippen LogP contribution in [0.2, 0.25) is 0 Å². The summed E-state index contributed by atoms with van der Waals surface area (Å²) in [6.45, 7) is 4.31. The van der Waals surface area contributed by atoms with Crippen LogP contribution in [0.25, 0.3) is 11.3 Å². The zero-order chi connectivity index (χ0) is 20.1. The van der Waals surface area contributed by atoms with Crippen molar-refractivity contribution in [3.05, 3.63) is 65.5 Å². The molecule has 150 valence electrons. The average Bonchev–Trinajstić information content (AvgIpc) is 3.24. The Bertz CT molecular complexity index is 958. The first kappa shape index (κ1) is 19.0. The summed E-state index contributed by atoms with van der Waals surface area (Å²) < 4.78 is 5.32. The van der Waals surface area contributed by atoms with Crippen LogP contribution in [-0.2, 0) is 11.4 Å². The van der Waals surface area contributed by atoms with Gasteiger partial charge in [-0.05, 0) is 38.3 Å². The van der Waals surface area contributed by atoms with Crippen LogP contribution in [0.1, 0.15) is 36.1 Å². The first-order chi connectivity index (χ1) is 14.2. The van der Waals surface area contributed by atoms with E-state index in [9.17, 15) is 0 Å². The fourth-order valence-corrected chi connectivity index (χ4v) is 3.31. The molecule has 1 saturated heterocycles. The fourth-order valence-electron chi connectivity index (χ4n) is 3.31. The van der Waals surface area contributed by atoms with Crippen molar-refractivity contribution in [1.29, 1.82) is 0 Å². The van der Waals surface area contributed by atoms with Gasteiger partial charge in [0.05, 0.1) is 0 Å². The average molecular weight is 391 g/mol. The highest BCUT2D eigenvalue weighted by Crippen LogP contribution is 2.20. The molecule has 1 fully saturated rings. The number of benzene rings is 1. The van der Waals surface area contributed by atoms with Crippen molar-refractivity contribution in [3.63, 3.8) is 0 Å². The third-order valence-electron chi connectivity index (χ3n) is 5.00. The lowest BCUT2D eigenvalue weighted by atomic mass is 10.1. The van der Waals surface area contributed by atoms with E-state index < -0.39 is 0 Å². The Balaban J connectivity index is 1.34. The molecule has 3 aromatic rings. The highest BCUT2D eigenvalue weighted by molar-refractivity contribution is 5.96. The second kappa shape index (κ2) is 8.77. The molecule has 7 heteroatoms. The predicted molar refractivity (Wildman–Crippen MR) is 112 cm³/mol. The van der Waals surface area contributed by atoms with Gasteiger partial charge in [0, 0.05) is 36.5 Å². The number of piperidine rings is 1. The van der Waals surface area contributed by atoms with Gasteiger partial charge in [0.2, 0.25) is 0 Å². The highest BCUT2D eigenvalue weighted by Gasteiger charge is 2.12. The molecular weight excluding hydrogens is 366 g/mol. The number of hydrogen-bond donors (Lipinski definition) is 1. The number of rotatable bonds is 6. The number of aromatic nitrogens is 2. The van der Waals surface area contributed by atoms with Gasteiger partial charge in [0.1, 0.15) is 11.5 Å². The standard InChI is InChI=1S/C22H25N5O2/c1-16-5-7-17(8-6-16)20-13-19(29-25-20)15-28-26-22(23)18-9-10-21(24-14-18)27-11-3-2-4-12-27/h5-10,13-14H,2-4,11-12,15H2,1H3,(H2,23,26). The summed E-state index contributed by atoms with van der Waals surface area (Å²) in [5.41, 5.74) is 9.70.